The van der Waals surface area contributed by atoms with Crippen LogP contribution in [0.4, 0.5) is 4.39 Å². The number of ether oxygens (including phenoxy) is 1. The normalized spacial score (nSPS) is 10.5. The Bertz CT molecular complexity index is 595. The van der Waals surface area contributed by atoms with Gasteiger partial charge in [-0.15, -0.1) is 0 Å². The maximum Gasteiger partial charge on any atom is 0.397 e. The van der Waals surface area contributed by atoms with Crippen molar-refractivity contribution in [2.45, 2.75) is 20.3 Å². The van der Waals surface area contributed by atoms with Crippen molar-refractivity contribution in [3.63, 3.8) is 0 Å². The number of benzene rings is 1. The van der Waals surface area contributed by atoms with Gasteiger partial charge in [0.15, 0.2) is 0 Å². The Balaban J connectivity index is 2.30. The predicted octanol–water partition coefficient (Wildman–Crippen LogP) is 2.61. The summed E-state index contributed by atoms with van der Waals surface area (Å²) in [4.78, 5) is 15.3. The highest BCUT2D eigenvalue weighted by atomic mass is 19.1. The third kappa shape index (κ3) is 2.78. The van der Waals surface area contributed by atoms with Crippen molar-refractivity contribution in [3.05, 3.63) is 35.5 Å². The molecule has 0 spiro atoms. The van der Waals surface area contributed by atoms with Crippen LogP contribution in [0.5, 0.6) is 0 Å². The van der Waals surface area contributed by atoms with Crippen LogP contribution < -0.4 is 0 Å². The molecular formula is C13H13FN2O3. The van der Waals surface area contributed by atoms with Crippen LogP contribution >= 0.6 is 0 Å². The molecule has 0 amide bonds. The molecule has 1 heterocycles. The average molecular weight is 264 g/mol. The molecule has 0 radical (unpaired) electrons. The molecule has 2 aromatic rings. The molecule has 1 aromatic carbocycles. The highest BCUT2D eigenvalue weighted by Crippen LogP contribution is 2.20. The molecule has 0 aliphatic rings. The van der Waals surface area contributed by atoms with Crippen molar-refractivity contribution in [1.29, 1.82) is 0 Å². The lowest BCUT2D eigenvalue weighted by Crippen LogP contribution is -2.04. The Labute approximate surface area is 109 Å². The smallest absolute Gasteiger partial charge is 0.397 e. The highest BCUT2D eigenvalue weighted by Gasteiger charge is 2.17. The Morgan fingerprint density at radius 1 is 1.42 bits per heavy atom. The van der Waals surface area contributed by atoms with Crippen LogP contribution in [0.1, 0.15) is 30.1 Å². The molecule has 0 unspecified atom stereocenters. The van der Waals surface area contributed by atoms with Gasteiger partial charge in [-0.3, -0.25) is 0 Å². The number of halogens is 1. The van der Waals surface area contributed by atoms with Crippen LogP contribution in [0.3, 0.4) is 0 Å². The van der Waals surface area contributed by atoms with Crippen molar-refractivity contribution in [3.8, 4) is 11.4 Å². The van der Waals surface area contributed by atoms with Gasteiger partial charge in [0.05, 0.1) is 6.61 Å². The van der Waals surface area contributed by atoms with Gasteiger partial charge in [0.25, 0.3) is 0 Å². The van der Waals surface area contributed by atoms with E-state index in [1.165, 1.54) is 12.1 Å². The number of aromatic nitrogens is 2. The summed E-state index contributed by atoms with van der Waals surface area (Å²) in [5, 5.41) is 3.69. The average Bonchev–Trinajstić information content (AvgIpc) is 2.89. The van der Waals surface area contributed by atoms with Gasteiger partial charge in [-0.05, 0) is 37.1 Å². The molecule has 0 saturated carbocycles. The molecule has 100 valence electrons. The summed E-state index contributed by atoms with van der Waals surface area (Å²) in [7, 11) is 0. The van der Waals surface area contributed by atoms with Crippen LogP contribution in [-0.2, 0) is 11.2 Å². The molecule has 19 heavy (non-hydrogen) atoms. The summed E-state index contributed by atoms with van der Waals surface area (Å²) in [6, 6.07) is 4.51. The molecule has 5 nitrogen and oxygen atoms in total. The van der Waals surface area contributed by atoms with Gasteiger partial charge in [0, 0.05) is 5.56 Å². The Morgan fingerprint density at radius 3 is 2.89 bits per heavy atom. The Kier molecular flexibility index (Phi) is 3.89. The number of esters is 1. The quantitative estimate of drug-likeness (QED) is 0.794. The molecular weight excluding hydrogens is 251 g/mol. The first-order valence-electron chi connectivity index (χ1n) is 5.95. The summed E-state index contributed by atoms with van der Waals surface area (Å²) in [5.74, 6) is -0.920. The summed E-state index contributed by atoms with van der Waals surface area (Å²) < 4.78 is 22.9. The fraction of sp³-hybridized carbons (Fsp3) is 0.308. The second-order valence-electron chi connectivity index (χ2n) is 3.80. The highest BCUT2D eigenvalue weighted by molar-refractivity contribution is 5.84. The van der Waals surface area contributed by atoms with Crippen molar-refractivity contribution in [1.82, 2.24) is 10.1 Å². The largest absolute Gasteiger partial charge is 0.459 e. The summed E-state index contributed by atoms with van der Waals surface area (Å²) >= 11 is 0. The standard InChI is InChI=1S/C13H13FN2O3/c1-3-8-7-9(5-6-10(8)14)11-15-12(19-16-11)13(17)18-4-2/h5-7H,3-4H2,1-2H3. The first kappa shape index (κ1) is 13.2. The third-order valence-electron chi connectivity index (χ3n) is 2.56. The number of carbonyl (C=O) groups excluding carboxylic acids is 1. The van der Waals surface area contributed by atoms with E-state index >= 15 is 0 Å². The van der Waals surface area contributed by atoms with Gasteiger partial charge in [0.2, 0.25) is 5.82 Å². The minimum atomic E-state index is -0.668. The van der Waals surface area contributed by atoms with Crippen molar-refractivity contribution >= 4 is 5.97 Å². The maximum atomic E-state index is 13.4. The molecule has 6 heteroatoms. The zero-order chi connectivity index (χ0) is 13.8. The second-order valence-corrected chi connectivity index (χ2v) is 3.80. The maximum absolute atomic E-state index is 13.4. The van der Waals surface area contributed by atoms with Gasteiger partial charge in [0.1, 0.15) is 5.82 Å². The number of hydrogen-bond acceptors (Lipinski definition) is 5. The SMILES string of the molecule is CCOC(=O)c1nc(-c2ccc(F)c(CC)c2)no1. The predicted molar refractivity (Wildman–Crippen MR) is 65.0 cm³/mol. The second kappa shape index (κ2) is 5.60. The van der Waals surface area contributed by atoms with Crippen LogP contribution in [0.2, 0.25) is 0 Å². The molecule has 0 aliphatic heterocycles. The first-order valence-corrected chi connectivity index (χ1v) is 5.95. The molecule has 0 atom stereocenters. The number of rotatable bonds is 4. The minimum absolute atomic E-state index is 0.209. The van der Waals surface area contributed by atoms with Crippen LogP contribution in [0.25, 0.3) is 11.4 Å². The monoisotopic (exact) mass is 264 g/mol. The van der Waals surface area contributed by atoms with E-state index in [0.717, 1.165) is 0 Å². The van der Waals surface area contributed by atoms with Crippen molar-refractivity contribution < 1.29 is 18.4 Å². The number of nitrogens with zero attached hydrogens (tertiary/aromatic N) is 2. The number of aryl methyl sites for hydroxylation is 1. The van der Waals surface area contributed by atoms with Crippen LogP contribution in [-0.4, -0.2) is 22.7 Å². The summed E-state index contributed by atoms with van der Waals surface area (Å²) in [5.41, 5.74) is 1.15. The minimum Gasteiger partial charge on any atom is -0.459 e. The fourth-order valence-corrected chi connectivity index (χ4v) is 1.60. The van der Waals surface area contributed by atoms with E-state index in [1.807, 2.05) is 6.92 Å². The van der Waals surface area contributed by atoms with Crippen LogP contribution in [0.15, 0.2) is 22.7 Å². The van der Waals surface area contributed by atoms with E-state index in [4.69, 9.17) is 9.26 Å². The van der Waals surface area contributed by atoms with Gasteiger partial charge in [-0.2, -0.15) is 4.98 Å². The molecule has 0 fully saturated rings. The van der Waals surface area contributed by atoms with E-state index in [2.05, 4.69) is 10.1 Å². The van der Waals surface area contributed by atoms with Crippen molar-refractivity contribution in [2.75, 3.05) is 6.61 Å². The van der Waals surface area contributed by atoms with Crippen LogP contribution in [0, 0.1) is 5.82 Å². The van der Waals surface area contributed by atoms with Crippen molar-refractivity contribution in [2.24, 2.45) is 0 Å². The van der Waals surface area contributed by atoms with Gasteiger partial charge in [-0.1, -0.05) is 12.1 Å². The van der Waals surface area contributed by atoms with Gasteiger partial charge < -0.3 is 9.26 Å². The number of hydrogen-bond donors (Lipinski definition) is 0. The molecule has 1 aromatic heterocycles. The number of carbonyl (C=O) groups is 1. The zero-order valence-corrected chi connectivity index (χ0v) is 10.6. The Hall–Kier alpha value is -2.24. The van der Waals surface area contributed by atoms with E-state index in [-0.39, 0.29) is 24.1 Å². The molecule has 0 saturated heterocycles. The van der Waals surface area contributed by atoms with E-state index in [0.29, 0.717) is 17.5 Å². The third-order valence-corrected chi connectivity index (χ3v) is 2.56. The van der Waals surface area contributed by atoms with Gasteiger partial charge >= 0.3 is 11.9 Å². The molecule has 0 N–H and O–H groups in total. The first-order chi connectivity index (χ1) is 9.15. The van der Waals surface area contributed by atoms with Gasteiger partial charge in [-0.25, -0.2) is 9.18 Å². The Morgan fingerprint density at radius 2 is 2.21 bits per heavy atom. The summed E-state index contributed by atoms with van der Waals surface area (Å²) in [6.07, 6.45) is 0.558. The molecule has 0 aliphatic carbocycles. The lowest BCUT2D eigenvalue weighted by Gasteiger charge is -2.00. The van der Waals surface area contributed by atoms with E-state index in [9.17, 15) is 9.18 Å². The topological polar surface area (TPSA) is 65.2 Å². The molecule has 0 bridgehead atoms. The lowest BCUT2D eigenvalue weighted by molar-refractivity contribution is 0.0470. The van der Waals surface area contributed by atoms with E-state index < -0.39 is 5.97 Å². The molecule has 2 rings (SSSR count). The lowest BCUT2D eigenvalue weighted by atomic mass is 10.1. The summed E-state index contributed by atoms with van der Waals surface area (Å²) in [6.45, 7) is 3.76. The van der Waals surface area contributed by atoms with E-state index in [1.54, 1.807) is 13.0 Å². The zero-order valence-electron chi connectivity index (χ0n) is 10.6. The fourth-order valence-electron chi connectivity index (χ4n) is 1.60.